The third kappa shape index (κ3) is 6.87. The van der Waals surface area contributed by atoms with Gasteiger partial charge in [-0.15, -0.1) is 0 Å². The van der Waals surface area contributed by atoms with E-state index in [0.29, 0.717) is 48.9 Å². The molecule has 3 aromatic carbocycles. The fraction of sp³-hybridized carbons (Fsp3) is 0.500. The first-order chi connectivity index (χ1) is 18.5. The number of anilines is 4. The van der Waals surface area contributed by atoms with E-state index in [2.05, 4.69) is 43.2 Å². The molecule has 3 aromatic rings. The Morgan fingerprint density at radius 2 is 0.947 bits per heavy atom. The highest BCUT2D eigenvalue weighted by molar-refractivity contribution is 5.74. The predicted molar refractivity (Wildman–Crippen MR) is 154 cm³/mol. The summed E-state index contributed by atoms with van der Waals surface area (Å²) < 4.78 is 0. The van der Waals surface area contributed by atoms with Gasteiger partial charge in [-0.25, -0.2) is 0 Å². The van der Waals surface area contributed by atoms with E-state index < -0.39 is 21.7 Å². The van der Waals surface area contributed by atoms with Gasteiger partial charge in [-0.2, -0.15) is 0 Å². The van der Waals surface area contributed by atoms with Crippen LogP contribution in [0.3, 0.4) is 0 Å². The Morgan fingerprint density at radius 3 is 1.34 bits per heavy atom. The van der Waals surface area contributed by atoms with E-state index in [-0.39, 0.29) is 0 Å². The molecule has 1 heterocycles. The van der Waals surface area contributed by atoms with Crippen molar-refractivity contribution in [3.8, 4) is 0 Å². The first kappa shape index (κ1) is 27.5. The fourth-order valence-electron chi connectivity index (χ4n) is 4.84. The molecule has 0 aromatic heterocycles. The van der Waals surface area contributed by atoms with Gasteiger partial charge in [0.25, 0.3) is 21.7 Å². The molecule has 1 aliphatic rings. The van der Waals surface area contributed by atoms with E-state index in [4.69, 9.17) is 0 Å². The number of nitrogens with one attached hydrogen (secondary N) is 4. The molecule has 38 heavy (non-hydrogen) atoms. The molecular weight excluding hydrogens is 484 g/mol. The zero-order valence-electron chi connectivity index (χ0n) is 22.1. The highest BCUT2D eigenvalue weighted by Crippen LogP contribution is 2.16. The lowest BCUT2D eigenvalue weighted by atomic mass is 10.1. The van der Waals surface area contributed by atoms with E-state index in [1.807, 2.05) is 25.2 Å². The third-order valence-electron chi connectivity index (χ3n) is 7.01. The van der Waals surface area contributed by atoms with Crippen molar-refractivity contribution in [2.45, 2.75) is 32.2 Å². The number of rotatable bonds is 2. The summed E-state index contributed by atoms with van der Waals surface area (Å²) in [5.41, 5.74) is 1.03. The second kappa shape index (κ2) is 13.3. The van der Waals surface area contributed by atoms with Gasteiger partial charge in [-0.05, 0) is 51.4 Å². The second-order valence-electron chi connectivity index (χ2n) is 10.0. The lowest BCUT2D eigenvalue weighted by molar-refractivity contribution is 0.263. The Balaban J connectivity index is 1.40. The zero-order valence-corrected chi connectivity index (χ0v) is 22.1. The van der Waals surface area contributed by atoms with E-state index in [0.717, 1.165) is 58.4 Å². The smallest absolute Gasteiger partial charge is 0.253 e. The largest absolute Gasteiger partial charge is 0.380 e. The number of nitrogens with zero attached hydrogens (tertiary/aromatic N) is 2. The Bertz CT molecular complexity index is 1240. The van der Waals surface area contributed by atoms with Crippen LogP contribution in [0.25, 0.3) is 0 Å². The Kier molecular flexibility index (Phi) is 9.67. The summed E-state index contributed by atoms with van der Waals surface area (Å²) in [6, 6.07) is 10.2. The third-order valence-corrected chi connectivity index (χ3v) is 7.01. The number of hydrogen-bond acceptors (Lipinski definition) is 10. The summed E-state index contributed by atoms with van der Waals surface area (Å²) in [6.07, 6.45) is 3.25. The average Bonchev–Trinajstić information content (AvgIpc) is 2.93. The molecule has 4 N–H and O–H groups in total. The highest BCUT2D eigenvalue weighted by Gasteiger charge is 2.21. The van der Waals surface area contributed by atoms with Crippen molar-refractivity contribution in [2.75, 3.05) is 80.7 Å². The maximum absolute atomic E-state index is 12.1. The molecule has 0 radical (unpaired) electrons. The van der Waals surface area contributed by atoms with Crippen LogP contribution in [0.4, 0.5) is 22.7 Å². The summed E-state index contributed by atoms with van der Waals surface area (Å²) in [6.45, 7) is 6.43. The quantitative estimate of drug-likeness (QED) is 0.366. The van der Waals surface area contributed by atoms with Gasteiger partial charge in [0.2, 0.25) is 0 Å². The van der Waals surface area contributed by atoms with Crippen LogP contribution in [0.5, 0.6) is 0 Å². The molecule has 10 heteroatoms. The van der Waals surface area contributed by atoms with E-state index in [1.165, 1.54) is 5.56 Å². The van der Waals surface area contributed by atoms with Gasteiger partial charge < -0.3 is 26.2 Å². The van der Waals surface area contributed by atoms with Crippen LogP contribution in [0.15, 0.2) is 49.5 Å². The molecule has 0 saturated heterocycles. The van der Waals surface area contributed by atoms with Crippen molar-refractivity contribution in [3.05, 3.63) is 76.8 Å². The summed E-state index contributed by atoms with van der Waals surface area (Å²) in [4.78, 5) is 52.9. The molecule has 4 rings (SSSR count). The van der Waals surface area contributed by atoms with E-state index in [1.54, 1.807) is 0 Å². The summed E-state index contributed by atoms with van der Waals surface area (Å²) in [5, 5.41) is 12.6. The SMILES string of the molecule is CN1CCCNc2c(c(=O)c2=O)NCCCN(Cc2ccccc2)CCCNc2c(c(=O)c2=O)NCCC1. The molecule has 0 spiro atoms. The minimum Gasteiger partial charge on any atom is -0.380 e. The van der Waals surface area contributed by atoms with Gasteiger partial charge >= 0.3 is 0 Å². The van der Waals surface area contributed by atoms with Crippen molar-refractivity contribution in [1.29, 1.82) is 0 Å². The Hall–Kier alpha value is -3.50. The predicted octanol–water partition coefficient (Wildman–Crippen LogP) is 1.23. The summed E-state index contributed by atoms with van der Waals surface area (Å²) in [7, 11) is 2.02. The molecule has 0 saturated carbocycles. The lowest BCUT2D eigenvalue weighted by Crippen LogP contribution is -2.39. The standard InChI is InChI=1S/C28H38N6O4/c1-33-15-5-11-29-21-23(27(37)25(21)35)31-13-7-17-34(19-20-9-3-2-4-10-20)18-8-14-32-24-22(26(36)28(24)38)30-12-6-16-33/h2-4,9-10,29-32H,5-8,11-19H2,1H3. The van der Waals surface area contributed by atoms with Gasteiger partial charge in [0.15, 0.2) is 0 Å². The van der Waals surface area contributed by atoms with E-state index >= 15 is 0 Å². The molecular formula is C28H38N6O4. The first-order valence-electron chi connectivity index (χ1n) is 13.5. The molecule has 0 atom stereocenters. The minimum atomic E-state index is -0.448. The molecule has 0 unspecified atom stereocenters. The molecule has 0 amide bonds. The van der Waals surface area contributed by atoms with Crippen LogP contribution in [0.1, 0.15) is 31.2 Å². The average molecular weight is 523 g/mol. The van der Waals surface area contributed by atoms with E-state index in [9.17, 15) is 19.2 Å². The van der Waals surface area contributed by atoms with Gasteiger partial charge in [0.05, 0.1) is 0 Å². The molecule has 204 valence electrons. The summed E-state index contributed by atoms with van der Waals surface area (Å²) >= 11 is 0. The Morgan fingerprint density at radius 1 is 0.579 bits per heavy atom. The molecule has 1 aliphatic heterocycles. The summed E-state index contributed by atoms with van der Waals surface area (Å²) in [5.74, 6) is 0. The normalized spacial score (nSPS) is 18.0. The highest BCUT2D eigenvalue weighted by atomic mass is 16.2. The van der Waals surface area contributed by atoms with Crippen molar-refractivity contribution >= 4 is 22.7 Å². The van der Waals surface area contributed by atoms with Crippen molar-refractivity contribution in [2.24, 2.45) is 0 Å². The van der Waals surface area contributed by atoms with Crippen molar-refractivity contribution < 1.29 is 0 Å². The van der Waals surface area contributed by atoms with Crippen LogP contribution in [0.2, 0.25) is 0 Å². The molecule has 0 aliphatic carbocycles. The topological polar surface area (TPSA) is 123 Å². The molecule has 0 bridgehead atoms. The van der Waals surface area contributed by atoms with Crippen LogP contribution in [-0.2, 0) is 6.54 Å². The number of benzene rings is 1. The fourth-order valence-corrected chi connectivity index (χ4v) is 4.84. The van der Waals surface area contributed by atoms with Gasteiger partial charge in [-0.1, -0.05) is 30.3 Å². The van der Waals surface area contributed by atoms with Crippen LogP contribution in [-0.4, -0.2) is 69.2 Å². The lowest BCUT2D eigenvalue weighted by Gasteiger charge is -2.24. The van der Waals surface area contributed by atoms with Gasteiger partial charge in [-0.3, -0.25) is 24.1 Å². The maximum Gasteiger partial charge on any atom is 0.253 e. The van der Waals surface area contributed by atoms with Crippen LogP contribution >= 0.6 is 0 Å². The number of fused-ring (bicyclic) bond motifs is 2. The Labute approximate surface area is 222 Å². The second-order valence-corrected chi connectivity index (χ2v) is 10.0. The monoisotopic (exact) mass is 522 g/mol. The van der Waals surface area contributed by atoms with Crippen LogP contribution in [0, 0.1) is 0 Å². The molecule has 0 fully saturated rings. The van der Waals surface area contributed by atoms with Crippen molar-refractivity contribution in [1.82, 2.24) is 9.80 Å². The first-order valence-corrected chi connectivity index (χ1v) is 13.5. The zero-order chi connectivity index (χ0) is 26.9. The van der Waals surface area contributed by atoms with Crippen LogP contribution < -0.4 is 43.0 Å². The van der Waals surface area contributed by atoms with Gasteiger partial charge in [0, 0.05) is 45.8 Å². The maximum atomic E-state index is 12.1. The minimum absolute atomic E-state index is 0.402. The van der Waals surface area contributed by atoms with Crippen molar-refractivity contribution in [3.63, 3.8) is 0 Å². The van der Waals surface area contributed by atoms with Gasteiger partial charge in [0.1, 0.15) is 22.7 Å². The number of hydrogen-bond donors (Lipinski definition) is 4. The molecule has 10 nitrogen and oxygen atoms in total.